The Kier molecular flexibility index (Phi) is 10.4. The number of rotatable bonds is 15. The van der Waals surface area contributed by atoms with Gasteiger partial charge in [-0.1, -0.05) is 77.6 Å². The number of phenols is 4. The summed E-state index contributed by atoms with van der Waals surface area (Å²) in [4.78, 5) is 25.7. The van der Waals surface area contributed by atoms with Gasteiger partial charge in [-0.05, 0) is 24.6 Å². The van der Waals surface area contributed by atoms with Crippen molar-refractivity contribution in [3.63, 3.8) is 0 Å². The second kappa shape index (κ2) is 13.7. The minimum Gasteiger partial charge on any atom is -0.507 e. The second-order valence-electron chi connectivity index (χ2n) is 9.87. The van der Waals surface area contributed by atoms with Crippen molar-refractivity contribution in [1.29, 1.82) is 0 Å². The largest absolute Gasteiger partial charge is 0.507 e. The van der Waals surface area contributed by atoms with Crippen LogP contribution in [0.3, 0.4) is 0 Å². The maximum absolute atomic E-state index is 12.9. The molecule has 0 fully saturated rings. The molecule has 0 aliphatic heterocycles. The monoisotopic (exact) mass is 526 g/mol. The van der Waals surface area contributed by atoms with E-state index in [1.165, 1.54) is 57.4 Å². The molecular formula is C30H38O8. The minimum absolute atomic E-state index is 0.0860. The van der Waals surface area contributed by atoms with Crippen molar-refractivity contribution in [1.82, 2.24) is 0 Å². The SMILES string of the molecule is CCCCCCCCCCCCCCC(=O)c1c(O)cc2oc(-c3ccc(O)c(O)c3)c(O)c(=O)c2c1O. The third kappa shape index (κ3) is 7.00. The molecule has 0 radical (unpaired) electrons. The topological polar surface area (TPSA) is 148 Å². The quantitative estimate of drug-likeness (QED) is 0.0789. The molecule has 3 rings (SSSR count). The van der Waals surface area contributed by atoms with Crippen molar-refractivity contribution in [3.05, 3.63) is 40.1 Å². The fraction of sp³-hybridized carbons (Fsp3) is 0.467. The van der Waals surface area contributed by atoms with Crippen LogP contribution >= 0.6 is 0 Å². The molecule has 0 saturated carbocycles. The lowest BCUT2D eigenvalue weighted by Crippen LogP contribution is -2.07. The molecule has 1 aromatic heterocycles. The van der Waals surface area contributed by atoms with E-state index in [4.69, 9.17) is 4.42 Å². The van der Waals surface area contributed by atoms with E-state index in [-0.39, 0.29) is 28.9 Å². The van der Waals surface area contributed by atoms with E-state index in [2.05, 4.69) is 6.92 Å². The fourth-order valence-corrected chi connectivity index (χ4v) is 4.70. The smallest absolute Gasteiger partial charge is 0.238 e. The standard InChI is InChI=1S/C30H38O8/c1-2-3-4-5-6-7-8-9-10-11-12-13-14-21(32)25-23(34)18-24-26(27(25)35)28(36)29(37)30(38-24)19-15-16-20(31)22(33)17-19/h15-18,31,33-35,37H,2-14H2,1H3. The number of hydrogen-bond acceptors (Lipinski definition) is 8. The molecule has 0 saturated heterocycles. The van der Waals surface area contributed by atoms with E-state index in [0.717, 1.165) is 37.5 Å². The van der Waals surface area contributed by atoms with Gasteiger partial charge in [0.15, 0.2) is 23.0 Å². The number of hydrogen-bond donors (Lipinski definition) is 5. The highest BCUT2D eigenvalue weighted by molar-refractivity contribution is 6.06. The molecule has 0 aliphatic carbocycles. The first-order valence-electron chi connectivity index (χ1n) is 13.6. The van der Waals surface area contributed by atoms with Gasteiger partial charge < -0.3 is 29.9 Å². The fourth-order valence-electron chi connectivity index (χ4n) is 4.70. The highest BCUT2D eigenvalue weighted by Gasteiger charge is 2.25. The Morgan fingerprint density at radius 1 is 0.711 bits per heavy atom. The van der Waals surface area contributed by atoms with Gasteiger partial charge in [0.2, 0.25) is 11.2 Å². The second-order valence-corrected chi connectivity index (χ2v) is 9.87. The molecule has 1 heterocycles. The average Bonchev–Trinajstić information content (AvgIpc) is 2.88. The Morgan fingerprint density at radius 3 is 1.87 bits per heavy atom. The van der Waals surface area contributed by atoms with Crippen molar-refractivity contribution in [2.75, 3.05) is 0 Å². The Labute approximate surface area is 222 Å². The van der Waals surface area contributed by atoms with Crippen LogP contribution in [-0.2, 0) is 0 Å². The molecule has 38 heavy (non-hydrogen) atoms. The van der Waals surface area contributed by atoms with Crippen LogP contribution in [-0.4, -0.2) is 31.3 Å². The summed E-state index contributed by atoms with van der Waals surface area (Å²) in [7, 11) is 0. The first kappa shape index (κ1) is 28.9. The lowest BCUT2D eigenvalue weighted by Gasteiger charge is -2.12. The summed E-state index contributed by atoms with van der Waals surface area (Å²) >= 11 is 0. The molecule has 0 amide bonds. The minimum atomic E-state index is -0.995. The summed E-state index contributed by atoms with van der Waals surface area (Å²) < 4.78 is 5.55. The van der Waals surface area contributed by atoms with Gasteiger partial charge in [0.1, 0.15) is 28.0 Å². The van der Waals surface area contributed by atoms with E-state index in [1.807, 2.05) is 0 Å². The van der Waals surface area contributed by atoms with Crippen LogP contribution in [0.5, 0.6) is 28.7 Å². The van der Waals surface area contributed by atoms with E-state index in [0.29, 0.717) is 6.42 Å². The number of benzene rings is 2. The molecular weight excluding hydrogens is 488 g/mol. The first-order chi connectivity index (χ1) is 18.3. The number of Topliss-reactive ketones (excluding diaryl/α,β-unsaturated/α-hetero) is 1. The molecule has 8 heteroatoms. The van der Waals surface area contributed by atoms with Gasteiger partial charge in [0.05, 0.1) is 0 Å². The molecule has 0 aliphatic rings. The molecule has 2 aromatic carbocycles. The molecule has 0 spiro atoms. The zero-order valence-corrected chi connectivity index (χ0v) is 22.0. The van der Waals surface area contributed by atoms with Gasteiger partial charge in [-0.3, -0.25) is 9.59 Å². The highest BCUT2D eigenvalue weighted by atomic mass is 16.4. The van der Waals surface area contributed by atoms with Crippen LogP contribution < -0.4 is 5.43 Å². The van der Waals surface area contributed by atoms with Gasteiger partial charge >= 0.3 is 0 Å². The predicted molar refractivity (Wildman–Crippen MR) is 146 cm³/mol. The number of phenolic OH excluding ortho intramolecular Hbond substituents is 4. The molecule has 0 unspecified atom stereocenters. The van der Waals surface area contributed by atoms with Gasteiger partial charge in [0, 0.05) is 18.1 Å². The van der Waals surface area contributed by atoms with Crippen molar-refractivity contribution < 1.29 is 34.7 Å². The zero-order valence-electron chi connectivity index (χ0n) is 22.0. The molecule has 0 bridgehead atoms. The third-order valence-corrected chi connectivity index (χ3v) is 6.89. The summed E-state index contributed by atoms with van der Waals surface area (Å²) in [6.45, 7) is 2.22. The average molecular weight is 527 g/mol. The number of carbonyl (C=O) groups is 1. The predicted octanol–water partition coefficient (Wildman–Crippen LogP) is 7.26. The van der Waals surface area contributed by atoms with E-state index < -0.39 is 45.3 Å². The third-order valence-electron chi connectivity index (χ3n) is 6.89. The van der Waals surface area contributed by atoms with Crippen molar-refractivity contribution in [2.24, 2.45) is 0 Å². The normalized spacial score (nSPS) is 11.3. The maximum Gasteiger partial charge on any atom is 0.238 e. The summed E-state index contributed by atoms with van der Waals surface area (Å²) in [5, 5.41) is 50.5. The Bertz CT molecular complexity index is 1310. The van der Waals surface area contributed by atoms with Crippen molar-refractivity contribution in [3.8, 4) is 40.1 Å². The van der Waals surface area contributed by atoms with Gasteiger partial charge in [-0.15, -0.1) is 0 Å². The Balaban J connectivity index is 1.61. The van der Waals surface area contributed by atoms with Crippen LogP contribution in [0.4, 0.5) is 0 Å². The van der Waals surface area contributed by atoms with Crippen LogP contribution in [0.2, 0.25) is 0 Å². The number of ketones is 1. The number of unbranched alkanes of at least 4 members (excludes halogenated alkanes) is 11. The van der Waals surface area contributed by atoms with Crippen molar-refractivity contribution in [2.45, 2.75) is 90.4 Å². The Morgan fingerprint density at radius 2 is 1.29 bits per heavy atom. The van der Waals surface area contributed by atoms with Crippen LogP contribution in [0, 0.1) is 0 Å². The molecule has 5 N–H and O–H groups in total. The maximum atomic E-state index is 12.9. The van der Waals surface area contributed by atoms with E-state index in [9.17, 15) is 35.1 Å². The molecule has 3 aromatic rings. The zero-order chi connectivity index (χ0) is 27.7. The molecule has 8 nitrogen and oxygen atoms in total. The lowest BCUT2D eigenvalue weighted by atomic mass is 9.99. The van der Waals surface area contributed by atoms with Crippen LogP contribution in [0.1, 0.15) is 101 Å². The number of aromatic hydroxyl groups is 5. The first-order valence-corrected chi connectivity index (χ1v) is 13.6. The van der Waals surface area contributed by atoms with Crippen molar-refractivity contribution >= 4 is 16.8 Å². The molecule has 0 atom stereocenters. The summed E-state index contributed by atoms with van der Waals surface area (Å²) in [6.07, 6.45) is 13.9. The highest BCUT2D eigenvalue weighted by Crippen LogP contribution is 2.40. The van der Waals surface area contributed by atoms with Gasteiger partial charge in [-0.25, -0.2) is 0 Å². The lowest BCUT2D eigenvalue weighted by molar-refractivity contribution is 0.0974. The van der Waals surface area contributed by atoms with Crippen LogP contribution in [0.25, 0.3) is 22.3 Å². The number of fused-ring (bicyclic) bond motifs is 1. The van der Waals surface area contributed by atoms with Gasteiger partial charge in [-0.2, -0.15) is 0 Å². The summed E-state index contributed by atoms with van der Waals surface area (Å²) in [6, 6.07) is 4.60. The summed E-state index contributed by atoms with van der Waals surface area (Å²) in [5.74, 6) is -3.84. The summed E-state index contributed by atoms with van der Waals surface area (Å²) in [5.41, 5.74) is -1.52. The van der Waals surface area contributed by atoms with E-state index in [1.54, 1.807) is 0 Å². The number of carbonyl (C=O) groups excluding carboxylic acids is 1. The van der Waals surface area contributed by atoms with Gasteiger partial charge in [0.25, 0.3) is 0 Å². The van der Waals surface area contributed by atoms with Crippen LogP contribution in [0.15, 0.2) is 33.5 Å². The Hall–Kier alpha value is -3.68. The van der Waals surface area contributed by atoms with E-state index >= 15 is 0 Å². The molecule has 206 valence electrons.